The van der Waals surface area contributed by atoms with Crippen molar-refractivity contribution in [2.24, 2.45) is 0 Å². The van der Waals surface area contributed by atoms with Crippen molar-refractivity contribution in [1.29, 1.82) is 0 Å². The first kappa shape index (κ1) is 19.4. The summed E-state index contributed by atoms with van der Waals surface area (Å²) >= 11 is 0. The number of hydrogen-bond acceptors (Lipinski definition) is 3. The maximum Gasteiger partial charge on any atom is 0.416 e. The Morgan fingerprint density at radius 1 is 1.08 bits per heavy atom. The van der Waals surface area contributed by atoms with Crippen LogP contribution in [0.25, 0.3) is 0 Å². The zero-order valence-electron chi connectivity index (χ0n) is 13.7. The average Bonchev–Trinajstić information content (AvgIpc) is 2.58. The zero-order chi connectivity index (χ0) is 18.5. The van der Waals surface area contributed by atoms with Gasteiger partial charge in [0.15, 0.2) is 0 Å². The molecule has 0 radical (unpaired) electrons. The van der Waals surface area contributed by atoms with E-state index >= 15 is 0 Å². The fraction of sp³-hybridized carbons (Fsp3) is 0.353. The minimum atomic E-state index is -4.59. The maximum atomic E-state index is 12.9. The molecule has 1 heterocycles. The van der Waals surface area contributed by atoms with Crippen molar-refractivity contribution in [2.45, 2.75) is 30.8 Å². The Morgan fingerprint density at radius 2 is 1.84 bits per heavy atom. The molecular formula is C17H19F3N2O2S. The highest BCUT2D eigenvalue weighted by atomic mass is 32.2. The van der Waals surface area contributed by atoms with Gasteiger partial charge in [0.2, 0.25) is 10.0 Å². The van der Waals surface area contributed by atoms with Crippen molar-refractivity contribution in [2.75, 3.05) is 13.1 Å². The molecule has 25 heavy (non-hydrogen) atoms. The highest BCUT2D eigenvalue weighted by Gasteiger charge is 2.32. The van der Waals surface area contributed by atoms with Gasteiger partial charge >= 0.3 is 6.18 Å². The molecule has 2 aromatic rings. The molecule has 1 aromatic carbocycles. The van der Waals surface area contributed by atoms with Gasteiger partial charge in [-0.25, -0.2) is 8.42 Å². The number of nitrogens with zero attached hydrogens (tertiary/aromatic N) is 2. The highest BCUT2D eigenvalue weighted by molar-refractivity contribution is 7.89. The Kier molecular flexibility index (Phi) is 6.18. The molecule has 0 N–H and O–H groups in total. The van der Waals surface area contributed by atoms with Crippen molar-refractivity contribution in [3.63, 3.8) is 0 Å². The molecule has 0 aliphatic carbocycles. The van der Waals surface area contributed by atoms with Crippen molar-refractivity contribution < 1.29 is 21.6 Å². The molecule has 2 rings (SSSR count). The molecule has 136 valence electrons. The predicted molar refractivity (Wildman–Crippen MR) is 88.4 cm³/mol. The minimum Gasteiger partial charge on any atom is -0.261 e. The lowest BCUT2D eigenvalue weighted by atomic mass is 10.2. The van der Waals surface area contributed by atoms with E-state index in [1.165, 1.54) is 10.4 Å². The molecule has 0 spiro atoms. The van der Waals surface area contributed by atoms with Crippen LogP contribution in [0.5, 0.6) is 0 Å². The molecule has 4 nitrogen and oxygen atoms in total. The lowest BCUT2D eigenvalue weighted by Gasteiger charge is -2.22. The number of hydrogen-bond donors (Lipinski definition) is 0. The third-order valence-corrected chi connectivity index (χ3v) is 5.51. The molecule has 8 heteroatoms. The van der Waals surface area contributed by atoms with Crippen LogP contribution in [-0.4, -0.2) is 30.8 Å². The van der Waals surface area contributed by atoms with Crippen LogP contribution in [-0.2, 0) is 22.6 Å². The number of halogens is 3. The third kappa shape index (κ3) is 5.02. The van der Waals surface area contributed by atoms with Crippen LogP contribution < -0.4 is 0 Å². The van der Waals surface area contributed by atoms with E-state index in [0.717, 1.165) is 17.8 Å². The van der Waals surface area contributed by atoms with Gasteiger partial charge in [-0.2, -0.15) is 17.5 Å². The van der Waals surface area contributed by atoms with Crippen LogP contribution in [0, 0.1) is 0 Å². The molecule has 0 saturated carbocycles. The number of rotatable bonds is 7. The summed E-state index contributed by atoms with van der Waals surface area (Å²) in [6.45, 7) is 2.20. The lowest BCUT2D eigenvalue weighted by molar-refractivity contribution is -0.137. The van der Waals surface area contributed by atoms with E-state index in [4.69, 9.17) is 0 Å². The molecule has 1 aromatic heterocycles. The summed E-state index contributed by atoms with van der Waals surface area (Å²) in [6, 6.07) is 9.17. The fourth-order valence-corrected chi connectivity index (χ4v) is 3.95. The number of pyridine rings is 1. The third-order valence-electron chi connectivity index (χ3n) is 3.62. The van der Waals surface area contributed by atoms with Crippen molar-refractivity contribution in [3.05, 3.63) is 59.9 Å². The van der Waals surface area contributed by atoms with Gasteiger partial charge in [0.05, 0.1) is 10.5 Å². The fourth-order valence-electron chi connectivity index (χ4n) is 2.37. The highest BCUT2D eigenvalue weighted by Crippen LogP contribution is 2.31. The number of alkyl halides is 3. The Hall–Kier alpha value is -1.93. The Balaban J connectivity index is 2.26. The predicted octanol–water partition coefficient (Wildman–Crippen LogP) is 3.74. The minimum absolute atomic E-state index is 0.156. The SMILES string of the molecule is CCCN(CCc1ccccn1)S(=O)(=O)c1cccc(C(F)(F)F)c1. The van der Waals surface area contributed by atoms with E-state index in [9.17, 15) is 21.6 Å². The summed E-state index contributed by atoms with van der Waals surface area (Å²) in [5.74, 6) is 0. The van der Waals surface area contributed by atoms with E-state index in [1.807, 2.05) is 6.92 Å². The van der Waals surface area contributed by atoms with Gasteiger partial charge in [0.25, 0.3) is 0 Å². The molecule has 0 bridgehead atoms. The van der Waals surface area contributed by atoms with Gasteiger partial charge in [-0.05, 0) is 36.8 Å². The lowest BCUT2D eigenvalue weighted by Crippen LogP contribution is -2.34. The summed E-state index contributed by atoms with van der Waals surface area (Å²) in [4.78, 5) is 3.79. The molecule has 0 aliphatic heterocycles. The largest absolute Gasteiger partial charge is 0.416 e. The molecule has 0 atom stereocenters. The van der Waals surface area contributed by atoms with Gasteiger partial charge < -0.3 is 0 Å². The molecule has 0 amide bonds. The smallest absolute Gasteiger partial charge is 0.261 e. The van der Waals surface area contributed by atoms with Crippen molar-refractivity contribution in [3.8, 4) is 0 Å². The maximum absolute atomic E-state index is 12.9. The van der Waals surface area contributed by atoms with Gasteiger partial charge in [0.1, 0.15) is 0 Å². The Labute approximate surface area is 145 Å². The summed E-state index contributed by atoms with van der Waals surface area (Å²) in [5, 5.41) is 0. The second-order valence-corrected chi connectivity index (χ2v) is 7.44. The summed E-state index contributed by atoms with van der Waals surface area (Å²) in [6.07, 6.45) is -2.03. The van der Waals surface area contributed by atoms with Gasteiger partial charge in [-0.1, -0.05) is 19.1 Å². The molecule has 0 fully saturated rings. The Bertz CT molecular complexity index is 793. The second kappa shape index (κ2) is 7.97. The summed E-state index contributed by atoms with van der Waals surface area (Å²) in [7, 11) is -4.01. The standard InChI is InChI=1S/C17H19F3N2O2S/c1-2-11-22(12-9-15-7-3-4-10-21-15)25(23,24)16-8-5-6-14(13-16)17(18,19)20/h3-8,10,13H,2,9,11-12H2,1H3. The molecular weight excluding hydrogens is 353 g/mol. The quantitative estimate of drug-likeness (QED) is 0.744. The number of sulfonamides is 1. The first-order chi connectivity index (χ1) is 11.7. The second-order valence-electron chi connectivity index (χ2n) is 5.50. The first-order valence-electron chi connectivity index (χ1n) is 7.82. The van der Waals surface area contributed by atoms with Crippen molar-refractivity contribution >= 4 is 10.0 Å². The van der Waals surface area contributed by atoms with Crippen molar-refractivity contribution in [1.82, 2.24) is 9.29 Å². The molecule has 0 saturated heterocycles. The van der Waals surface area contributed by atoms with Crippen LogP contribution in [0.4, 0.5) is 13.2 Å². The molecule has 0 unspecified atom stereocenters. The van der Waals surface area contributed by atoms with Crippen LogP contribution in [0.3, 0.4) is 0 Å². The van der Waals surface area contributed by atoms with Crippen LogP contribution >= 0.6 is 0 Å². The number of benzene rings is 1. The topological polar surface area (TPSA) is 50.3 Å². The monoisotopic (exact) mass is 372 g/mol. The van der Waals surface area contributed by atoms with Crippen LogP contribution in [0.1, 0.15) is 24.6 Å². The van der Waals surface area contributed by atoms with Gasteiger partial charge in [-0.15, -0.1) is 0 Å². The van der Waals surface area contributed by atoms with E-state index in [-0.39, 0.29) is 18.0 Å². The van der Waals surface area contributed by atoms with E-state index in [0.29, 0.717) is 18.9 Å². The zero-order valence-corrected chi connectivity index (χ0v) is 14.5. The van der Waals surface area contributed by atoms with E-state index < -0.39 is 21.8 Å². The molecule has 0 aliphatic rings. The summed E-state index contributed by atoms with van der Waals surface area (Å²) < 4.78 is 65.3. The van der Waals surface area contributed by atoms with Crippen LogP contribution in [0.15, 0.2) is 53.6 Å². The summed E-state index contributed by atoms with van der Waals surface area (Å²) in [5.41, 5.74) is -0.252. The van der Waals surface area contributed by atoms with Gasteiger partial charge in [0, 0.05) is 31.4 Å². The Morgan fingerprint density at radius 3 is 2.44 bits per heavy atom. The first-order valence-corrected chi connectivity index (χ1v) is 9.26. The number of aromatic nitrogens is 1. The van der Waals surface area contributed by atoms with E-state index in [1.54, 1.807) is 24.4 Å². The van der Waals surface area contributed by atoms with Crippen LogP contribution in [0.2, 0.25) is 0 Å². The average molecular weight is 372 g/mol. The normalized spacial score (nSPS) is 12.5. The van der Waals surface area contributed by atoms with Gasteiger partial charge in [-0.3, -0.25) is 4.98 Å². The van der Waals surface area contributed by atoms with E-state index in [2.05, 4.69) is 4.98 Å².